The van der Waals surface area contributed by atoms with Crippen LogP contribution in [0.15, 0.2) is 71.6 Å². The topological polar surface area (TPSA) is 75.7 Å². The van der Waals surface area contributed by atoms with Crippen LogP contribution in [-0.4, -0.2) is 28.0 Å². The van der Waals surface area contributed by atoms with Crippen molar-refractivity contribution in [2.24, 2.45) is 0 Å². The SMILES string of the molecule is COc1ccccc1NC(=O)c1ccc(Cl)c(S(=O)(=O)N2CCc3ccccc32)c1. The fourth-order valence-electron chi connectivity index (χ4n) is 3.46. The van der Waals surface area contributed by atoms with E-state index in [0.29, 0.717) is 30.1 Å². The summed E-state index contributed by atoms with van der Waals surface area (Å²) in [6.45, 7) is 0.329. The molecule has 3 aromatic rings. The molecule has 0 spiro atoms. The average Bonchev–Trinajstić information content (AvgIpc) is 3.19. The van der Waals surface area contributed by atoms with Gasteiger partial charge in [0.15, 0.2) is 0 Å². The Labute approximate surface area is 180 Å². The summed E-state index contributed by atoms with van der Waals surface area (Å²) in [5.41, 5.74) is 2.26. The van der Waals surface area contributed by atoms with Gasteiger partial charge >= 0.3 is 0 Å². The highest BCUT2D eigenvalue weighted by molar-refractivity contribution is 7.93. The normalized spacial score (nSPS) is 13.1. The Hall–Kier alpha value is -3.03. The molecular formula is C22H19ClN2O4S. The molecule has 1 heterocycles. The third-order valence-electron chi connectivity index (χ3n) is 4.96. The van der Waals surface area contributed by atoms with Crippen LogP contribution in [0.1, 0.15) is 15.9 Å². The van der Waals surface area contributed by atoms with Gasteiger partial charge in [-0.15, -0.1) is 0 Å². The third kappa shape index (κ3) is 3.62. The van der Waals surface area contributed by atoms with Crippen LogP contribution < -0.4 is 14.4 Å². The number of hydrogen-bond acceptors (Lipinski definition) is 4. The summed E-state index contributed by atoms with van der Waals surface area (Å²) < 4.78 is 33.3. The number of fused-ring (bicyclic) bond motifs is 1. The lowest BCUT2D eigenvalue weighted by atomic mass is 10.2. The lowest BCUT2D eigenvalue weighted by molar-refractivity contribution is 0.102. The maximum Gasteiger partial charge on any atom is 0.265 e. The first-order chi connectivity index (χ1) is 14.4. The van der Waals surface area contributed by atoms with Gasteiger partial charge in [-0.2, -0.15) is 0 Å². The van der Waals surface area contributed by atoms with E-state index in [0.717, 1.165) is 5.56 Å². The Kier molecular flexibility index (Phi) is 5.40. The molecule has 4 rings (SSSR count). The molecule has 0 aliphatic carbocycles. The second-order valence-electron chi connectivity index (χ2n) is 6.76. The largest absolute Gasteiger partial charge is 0.495 e. The molecule has 30 heavy (non-hydrogen) atoms. The van der Waals surface area contributed by atoms with Crippen molar-refractivity contribution < 1.29 is 17.9 Å². The van der Waals surface area contributed by atoms with Crippen LogP contribution in [0.2, 0.25) is 5.02 Å². The lowest BCUT2D eigenvalue weighted by Crippen LogP contribution is -2.29. The number of anilines is 2. The molecule has 1 amide bonds. The van der Waals surface area contributed by atoms with Crippen LogP contribution in [0.4, 0.5) is 11.4 Å². The van der Waals surface area contributed by atoms with E-state index in [1.165, 1.54) is 29.6 Å². The molecule has 3 aromatic carbocycles. The minimum atomic E-state index is -3.93. The number of benzene rings is 3. The molecular weight excluding hydrogens is 424 g/mol. The van der Waals surface area contributed by atoms with E-state index >= 15 is 0 Å². The van der Waals surface area contributed by atoms with Crippen molar-refractivity contribution in [2.75, 3.05) is 23.3 Å². The summed E-state index contributed by atoms with van der Waals surface area (Å²) in [5, 5.41) is 2.81. The lowest BCUT2D eigenvalue weighted by Gasteiger charge is -2.20. The number of methoxy groups -OCH3 is 1. The van der Waals surface area contributed by atoms with E-state index in [-0.39, 0.29) is 15.5 Å². The molecule has 0 unspecified atom stereocenters. The zero-order chi connectivity index (χ0) is 21.3. The number of nitrogens with one attached hydrogen (secondary N) is 1. The van der Waals surface area contributed by atoms with Gasteiger partial charge in [0, 0.05) is 12.1 Å². The van der Waals surface area contributed by atoms with Crippen LogP contribution >= 0.6 is 11.6 Å². The van der Waals surface area contributed by atoms with Crippen molar-refractivity contribution in [2.45, 2.75) is 11.3 Å². The van der Waals surface area contributed by atoms with E-state index < -0.39 is 15.9 Å². The van der Waals surface area contributed by atoms with Gasteiger partial charge < -0.3 is 10.1 Å². The second-order valence-corrected chi connectivity index (χ2v) is 8.99. The van der Waals surface area contributed by atoms with Crippen molar-refractivity contribution in [1.29, 1.82) is 0 Å². The van der Waals surface area contributed by atoms with E-state index in [2.05, 4.69) is 5.32 Å². The summed E-state index contributed by atoms with van der Waals surface area (Å²) in [6.07, 6.45) is 0.626. The Bertz CT molecular complexity index is 1230. The molecule has 1 aliphatic rings. The van der Waals surface area contributed by atoms with Gasteiger partial charge in [-0.05, 0) is 48.4 Å². The van der Waals surface area contributed by atoms with Crippen LogP contribution in [0.25, 0.3) is 0 Å². The summed E-state index contributed by atoms with van der Waals surface area (Å²) in [6, 6.07) is 18.5. The number of para-hydroxylation sites is 3. The van der Waals surface area contributed by atoms with Crippen LogP contribution in [-0.2, 0) is 16.4 Å². The maximum atomic E-state index is 13.3. The summed E-state index contributed by atoms with van der Waals surface area (Å²) in [4.78, 5) is 12.7. The summed E-state index contributed by atoms with van der Waals surface area (Å²) in [7, 11) is -2.42. The fourth-order valence-corrected chi connectivity index (χ4v) is 5.47. The molecule has 0 bridgehead atoms. The van der Waals surface area contributed by atoms with Crippen LogP contribution in [0.5, 0.6) is 5.75 Å². The molecule has 0 fully saturated rings. The zero-order valence-electron chi connectivity index (χ0n) is 16.1. The highest BCUT2D eigenvalue weighted by atomic mass is 35.5. The minimum absolute atomic E-state index is 0.0632. The van der Waals surface area contributed by atoms with E-state index in [1.807, 2.05) is 12.1 Å². The van der Waals surface area contributed by atoms with Crippen molar-refractivity contribution >= 4 is 38.9 Å². The Balaban J connectivity index is 1.68. The Morgan fingerprint density at radius 1 is 1.07 bits per heavy atom. The molecule has 0 aromatic heterocycles. The molecule has 1 N–H and O–H groups in total. The molecule has 8 heteroatoms. The van der Waals surface area contributed by atoms with E-state index in [1.54, 1.807) is 36.4 Å². The van der Waals surface area contributed by atoms with Crippen molar-refractivity contribution in [3.8, 4) is 5.75 Å². The Morgan fingerprint density at radius 2 is 1.80 bits per heavy atom. The van der Waals surface area contributed by atoms with Crippen molar-refractivity contribution in [3.63, 3.8) is 0 Å². The van der Waals surface area contributed by atoms with Gasteiger partial charge in [0.25, 0.3) is 15.9 Å². The average molecular weight is 443 g/mol. The quantitative estimate of drug-likeness (QED) is 0.637. The highest BCUT2D eigenvalue weighted by Crippen LogP contribution is 2.35. The second kappa shape index (κ2) is 8.01. The smallest absolute Gasteiger partial charge is 0.265 e. The number of ether oxygens (including phenoxy) is 1. The Morgan fingerprint density at radius 3 is 2.60 bits per heavy atom. The van der Waals surface area contributed by atoms with Crippen molar-refractivity contribution in [1.82, 2.24) is 0 Å². The predicted molar refractivity (Wildman–Crippen MR) is 117 cm³/mol. The van der Waals surface area contributed by atoms with Crippen molar-refractivity contribution in [3.05, 3.63) is 82.9 Å². The standard InChI is InChI=1S/C22H19ClN2O4S/c1-29-20-9-5-3-7-18(20)24-22(26)16-10-11-17(23)21(14-16)30(27,28)25-13-12-15-6-2-4-8-19(15)25/h2-11,14H,12-13H2,1H3,(H,24,26). The van der Waals surface area contributed by atoms with Gasteiger partial charge in [0.2, 0.25) is 0 Å². The zero-order valence-corrected chi connectivity index (χ0v) is 17.7. The van der Waals surface area contributed by atoms with Gasteiger partial charge in [-0.3, -0.25) is 9.10 Å². The number of carbonyl (C=O) groups is 1. The third-order valence-corrected chi connectivity index (χ3v) is 7.26. The summed E-state index contributed by atoms with van der Waals surface area (Å²) >= 11 is 6.24. The maximum absolute atomic E-state index is 13.3. The number of rotatable bonds is 5. The van der Waals surface area contributed by atoms with Crippen LogP contribution in [0.3, 0.4) is 0 Å². The number of nitrogens with zero attached hydrogens (tertiary/aromatic N) is 1. The monoisotopic (exact) mass is 442 g/mol. The number of hydrogen-bond donors (Lipinski definition) is 1. The number of carbonyl (C=O) groups excluding carboxylic acids is 1. The fraction of sp³-hybridized carbons (Fsp3) is 0.136. The molecule has 6 nitrogen and oxygen atoms in total. The first kappa shape index (κ1) is 20.3. The highest BCUT2D eigenvalue weighted by Gasteiger charge is 2.32. The van der Waals surface area contributed by atoms with Gasteiger partial charge in [0.1, 0.15) is 10.6 Å². The van der Waals surface area contributed by atoms with E-state index in [4.69, 9.17) is 16.3 Å². The predicted octanol–water partition coefficient (Wildman–Crippen LogP) is 4.35. The van der Waals surface area contributed by atoms with Crippen LogP contribution in [0, 0.1) is 0 Å². The van der Waals surface area contributed by atoms with Gasteiger partial charge in [0.05, 0.1) is 23.5 Å². The first-order valence-corrected chi connectivity index (χ1v) is 11.1. The molecule has 0 atom stereocenters. The molecule has 1 aliphatic heterocycles. The summed E-state index contributed by atoms with van der Waals surface area (Å²) in [5.74, 6) is 0.0378. The van der Waals surface area contributed by atoms with Gasteiger partial charge in [-0.25, -0.2) is 8.42 Å². The molecule has 0 saturated heterocycles. The number of amides is 1. The minimum Gasteiger partial charge on any atom is -0.495 e. The first-order valence-electron chi connectivity index (χ1n) is 9.26. The number of halogens is 1. The molecule has 0 saturated carbocycles. The van der Waals surface area contributed by atoms with Gasteiger partial charge in [-0.1, -0.05) is 41.9 Å². The molecule has 0 radical (unpaired) electrons. The molecule has 154 valence electrons. The van der Waals surface area contributed by atoms with E-state index in [9.17, 15) is 13.2 Å². The number of sulfonamides is 1.